The molecule has 17 heavy (non-hydrogen) atoms. The van der Waals surface area contributed by atoms with Crippen LogP contribution < -0.4 is 5.73 Å². The quantitative estimate of drug-likeness (QED) is 0.870. The molecule has 0 amide bonds. The Bertz CT molecular complexity index is 505. The summed E-state index contributed by atoms with van der Waals surface area (Å²) in [6.07, 6.45) is 0. The molecule has 0 saturated carbocycles. The lowest BCUT2D eigenvalue weighted by Gasteiger charge is -2.15. The van der Waals surface area contributed by atoms with Gasteiger partial charge in [0, 0.05) is 15.6 Å². The molecule has 2 N–H and O–H groups in total. The molecule has 1 atom stereocenters. The van der Waals surface area contributed by atoms with Gasteiger partial charge < -0.3 is 5.73 Å². The van der Waals surface area contributed by atoms with Gasteiger partial charge in [0.15, 0.2) is 0 Å². The fourth-order valence-corrected chi connectivity index (χ4v) is 2.28. The molecule has 0 aromatic heterocycles. The lowest BCUT2D eigenvalue weighted by molar-refractivity contribution is 0.626. The molecule has 2 aromatic rings. The van der Waals surface area contributed by atoms with Gasteiger partial charge in [-0.1, -0.05) is 41.4 Å². The molecule has 0 heterocycles. The van der Waals surface area contributed by atoms with Crippen LogP contribution in [0, 0.1) is 5.82 Å². The Morgan fingerprint density at radius 2 is 1.47 bits per heavy atom. The average molecular weight is 270 g/mol. The summed E-state index contributed by atoms with van der Waals surface area (Å²) in [7, 11) is 0. The van der Waals surface area contributed by atoms with Gasteiger partial charge in [-0.15, -0.1) is 0 Å². The third-order valence-electron chi connectivity index (χ3n) is 2.54. The van der Waals surface area contributed by atoms with Crippen molar-refractivity contribution in [1.82, 2.24) is 0 Å². The topological polar surface area (TPSA) is 26.0 Å². The van der Waals surface area contributed by atoms with Crippen molar-refractivity contribution >= 4 is 23.2 Å². The molecule has 1 nitrogen and oxygen atoms in total. The van der Waals surface area contributed by atoms with E-state index in [-0.39, 0.29) is 5.82 Å². The predicted molar refractivity (Wildman–Crippen MR) is 68.9 cm³/mol. The number of halogens is 3. The van der Waals surface area contributed by atoms with E-state index in [1.54, 1.807) is 30.3 Å². The molecule has 0 aliphatic carbocycles. The molecule has 0 aliphatic rings. The highest BCUT2D eigenvalue weighted by Crippen LogP contribution is 2.32. The zero-order valence-electron chi connectivity index (χ0n) is 8.83. The first-order chi connectivity index (χ1) is 8.09. The van der Waals surface area contributed by atoms with Crippen LogP contribution in [0.5, 0.6) is 0 Å². The van der Waals surface area contributed by atoms with Crippen molar-refractivity contribution in [2.24, 2.45) is 5.73 Å². The van der Waals surface area contributed by atoms with Gasteiger partial charge in [-0.3, -0.25) is 0 Å². The minimum absolute atomic E-state index is 0.300. The van der Waals surface area contributed by atoms with Crippen molar-refractivity contribution in [2.75, 3.05) is 0 Å². The Balaban J connectivity index is 2.43. The number of nitrogens with two attached hydrogens (primary N) is 1. The second kappa shape index (κ2) is 5.05. The Labute approximate surface area is 109 Å². The highest BCUT2D eigenvalue weighted by atomic mass is 35.5. The van der Waals surface area contributed by atoms with Crippen molar-refractivity contribution in [3.05, 3.63) is 69.5 Å². The van der Waals surface area contributed by atoms with Crippen LogP contribution in [-0.4, -0.2) is 0 Å². The predicted octanol–water partition coefficient (Wildman–Crippen LogP) is 4.18. The standard InChI is InChI=1S/C13H10Cl2FN/c14-10-2-1-3-11(15)12(10)13(17)8-4-6-9(16)7-5-8/h1-7,13H,17H2. The maximum Gasteiger partial charge on any atom is 0.123 e. The Kier molecular flexibility index (Phi) is 3.67. The van der Waals surface area contributed by atoms with Crippen LogP contribution in [0.25, 0.3) is 0 Å². The minimum Gasteiger partial charge on any atom is -0.320 e. The Morgan fingerprint density at radius 3 is 2.00 bits per heavy atom. The molecule has 0 fully saturated rings. The third-order valence-corrected chi connectivity index (χ3v) is 3.20. The summed E-state index contributed by atoms with van der Waals surface area (Å²) in [4.78, 5) is 0. The molecule has 0 saturated heterocycles. The van der Waals surface area contributed by atoms with Gasteiger partial charge >= 0.3 is 0 Å². The average Bonchev–Trinajstić information content (AvgIpc) is 2.29. The first-order valence-corrected chi connectivity index (χ1v) is 5.80. The van der Waals surface area contributed by atoms with Crippen molar-refractivity contribution in [3.63, 3.8) is 0 Å². The van der Waals surface area contributed by atoms with Gasteiger partial charge in [0.2, 0.25) is 0 Å². The number of hydrogen-bond donors (Lipinski definition) is 1. The molecular weight excluding hydrogens is 260 g/mol. The molecule has 1 unspecified atom stereocenters. The highest BCUT2D eigenvalue weighted by molar-refractivity contribution is 6.36. The van der Waals surface area contributed by atoms with E-state index in [9.17, 15) is 4.39 Å². The maximum absolute atomic E-state index is 12.8. The van der Waals surface area contributed by atoms with Crippen LogP contribution in [0.15, 0.2) is 42.5 Å². The summed E-state index contributed by atoms with van der Waals surface area (Å²) < 4.78 is 12.8. The van der Waals surface area contributed by atoms with Crippen molar-refractivity contribution in [1.29, 1.82) is 0 Å². The second-order valence-electron chi connectivity index (χ2n) is 3.66. The van der Waals surface area contributed by atoms with Crippen molar-refractivity contribution in [2.45, 2.75) is 6.04 Å². The smallest absolute Gasteiger partial charge is 0.123 e. The molecule has 2 aromatic carbocycles. The van der Waals surface area contributed by atoms with Crippen LogP contribution in [0.2, 0.25) is 10.0 Å². The van der Waals surface area contributed by atoms with E-state index < -0.39 is 6.04 Å². The zero-order chi connectivity index (χ0) is 12.4. The SMILES string of the molecule is NC(c1ccc(F)cc1)c1c(Cl)cccc1Cl. The van der Waals surface area contributed by atoms with E-state index in [4.69, 9.17) is 28.9 Å². The minimum atomic E-state index is -0.461. The van der Waals surface area contributed by atoms with Crippen LogP contribution in [-0.2, 0) is 0 Å². The number of rotatable bonds is 2. The highest BCUT2D eigenvalue weighted by Gasteiger charge is 2.15. The maximum atomic E-state index is 12.8. The first kappa shape index (κ1) is 12.4. The second-order valence-corrected chi connectivity index (χ2v) is 4.48. The summed E-state index contributed by atoms with van der Waals surface area (Å²) in [6, 6.07) is 10.7. The van der Waals surface area contributed by atoms with Gasteiger partial charge in [-0.25, -0.2) is 4.39 Å². The van der Waals surface area contributed by atoms with E-state index in [0.717, 1.165) is 5.56 Å². The fourth-order valence-electron chi connectivity index (χ4n) is 1.64. The first-order valence-electron chi connectivity index (χ1n) is 5.04. The normalized spacial score (nSPS) is 12.5. The van der Waals surface area contributed by atoms with E-state index in [2.05, 4.69) is 0 Å². The number of benzene rings is 2. The Morgan fingerprint density at radius 1 is 0.941 bits per heavy atom. The monoisotopic (exact) mass is 269 g/mol. The van der Waals surface area contributed by atoms with E-state index >= 15 is 0 Å². The van der Waals surface area contributed by atoms with Crippen molar-refractivity contribution in [3.8, 4) is 0 Å². The van der Waals surface area contributed by atoms with Crippen LogP contribution in [0.4, 0.5) is 4.39 Å². The summed E-state index contributed by atoms with van der Waals surface area (Å²) in [6.45, 7) is 0. The summed E-state index contributed by atoms with van der Waals surface area (Å²) >= 11 is 12.1. The lowest BCUT2D eigenvalue weighted by Crippen LogP contribution is -2.13. The molecule has 2 rings (SSSR count). The van der Waals surface area contributed by atoms with E-state index in [0.29, 0.717) is 15.6 Å². The van der Waals surface area contributed by atoms with Crippen LogP contribution in [0.3, 0.4) is 0 Å². The third kappa shape index (κ3) is 2.60. The lowest BCUT2D eigenvalue weighted by atomic mass is 9.99. The summed E-state index contributed by atoms with van der Waals surface area (Å²) in [5.41, 5.74) is 7.50. The van der Waals surface area contributed by atoms with Crippen LogP contribution >= 0.6 is 23.2 Å². The fraction of sp³-hybridized carbons (Fsp3) is 0.0769. The summed E-state index contributed by atoms with van der Waals surface area (Å²) in [5, 5.41) is 1.02. The van der Waals surface area contributed by atoms with Crippen molar-refractivity contribution < 1.29 is 4.39 Å². The molecule has 0 aliphatic heterocycles. The molecule has 88 valence electrons. The zero-order valence-corrected chi connectivity index (χ0v) is 10.3. The molecular formula is C13H10Cl2FN. The van der Waals surface area contributed by atoms with Gasteiger partial charge in [-0.2, -0.15) is 0 Å². The van der Waals surface area contributed by atoms with Gasteiger partial charge in [0.1, 0.15) is 5.82 Å². The largest absolute Gasteiger partial charge is 0.320 e. The summed E-state index contributed by atoms with van der Waals surface area (Å²) in [5.74, 6) is -0.300. The van der Waals surface area contributed by atoms with E-state index in [1.807, 2.05) is 0 Å². The number of hydrogen-bond acceptors (Lipinski definition) is 1. The van der Waals surface area contributed by atoms with Gasteiger partial charge in [-0.05, 0) is 29.8 Å². The molecule has 4 heteroatoms. The van der Waals surface area contributed by atoms with E-state index in [1.165, 1.54) is 12.1 Å². The molecule has 0 radical (unpaired) electrons. The Hall–Kier alpha value is -1.09. The van der Waals surface area contributed by atoms with Gasteiger partial charge in [0.25, 0.3) is 0 Å². The van der Waals surface area contributed by atoms with Gasteiger partial charge in [0.05, 0.1) is 6.04 Å². The van der Waals surface area contributed by atoms with Crippen LogP contribution in [0.1, 0.15) is 17.2 Å². The molecule has 0 spiro atoms. The molecule has 0 bridgehead atoms.